The van der Waals surface area contributed by atoms with Gasteiger partial charge in [-0.2, -0.15) is 18.7 Å². The molecule has 0 aliphatic rings. The summed E-state index contributed by atoms with van der Waals surface area (Å²) in [5, 5.41) is 8.22. The average molecular weight is 193 g/mol. The van der Waals surface area contributed by atoms with Gasteiger partial charge >= 0.3 is 6.18 Å². The van der Waals surface area contributed by atoms with Gasteiger partial charge in [0.25, 0.3) is 0 Å². The van der Waals surface area contributed by atoms with Gasteiger partial charge in [0.05, 0.1) is 12.2 Å². The Morgan fingerprint density at radius 1 is 1.38 bits per heavy atom. The molecular formula is C6H6F3N3O. The summed E-state index contributed by atoms with van der Waals surface area (Å²) in [6.07, 6.45) is -3.68. The van der Waals surface area contributed by atoms with Gasteiger partial charge in [0, 0.05) is 0 Å². The highest BCUT2D eigenvalue weighted by Crippen LogP contribution is 2.27. The van der Waals surface area contributed by atoms with Crippen molar-refractivity contribution in [2.75, 3.05) is 0 Å². The van der Waals surface area contributed by atoms with Crippen molar-refractivity contribution in [2.24, 2.45) is 0 Å². The number of hydrogen-bond acceptors (Lipinski definition) is 4. The highest BCUT2D eigenvalue weighted by Gasteiger charge is 2.32. The Morgan fingerprint density at radius 3 is 2.62 bits per heavy atom. The van der Waals surface area contributed by atoms with E-state index in [9.17, 15) is 13.2 Å². The zero-order chi connectivity index (χ0) is 9.90. The monoisotopic (exact) mass is 193 g/mol. The smallest absolute Gasteiger partial charge is 0.316 e. The summed E-state index contributed by atoms with van der Waals surface area (Å²) in [7, 11) is 0. The Bertz CT molecular complexity index is 289. The fraction of sp³-hybridized carbons (Fsp3) is 0.333. The predicted octanol–water partition coefficient (Wildman–Crippen LogP) is 0.974. The summed E-state index contributed by atoms with van der Waals surface area (Å²) in [6, 6.07) is 0.767. The number of nitrogens with zero attached hydrogens (tertiary/aromatic N) is 2. The third kappa shape index (κ3) is 2.63. The lowest BCUT2D eigenvalue weighted by Crippen LogP contribution is -2.12. The van der Waals surface area contributed by atoms with E-state index < -0.39 is 11.9 Å². The van der Waals surface area contributed by atoms with Crippen molar-refractivity contribution >= 4 is 0 Å². The number of alkyl halides is 3. The molecule has 1 aromatic heterocycles. The fourth-order valence-electron chi connectivity index (χ4n) is 0.730. The topological polar surface area (TPSA) is 58.0 Å². The number of halogens is 3. The van der Waals surface area contributed by atoms with Crippen LogP contribution in [0.4, 0.5) is 13.2 Å². The van der Waals surface area contributed by atoms with E-state index in [-0.39, 0.29) is 12.2 Å². The zero-order valence-electron chi connectivity index (χ0n) is 6.34. The minimum atomic E-state index is -4.48. The first-order chi connectivity index (χ1) is 6.04. The standard InChI is InChI=1S/C6H6F3N3O/c7-6(8,9)5-1-4(2-12-13)10-3-11-5/h1,3,12-13H,2H2. The summed E-state index contributed by atoms with van der Waals surface area (Å²) in [5.41, 5.74) is 0.758. The van der Waals surface area contributed by atoms with Gasteiger partial charge in [-0.15, -0.1) is 0 Å². The van der Waals surface area contributed by atoms with Gasteiger partial charge in [-0.05, 0) is 6.07 Å². The van der Waals surface area contributed by atoms with E-state index in [0.29, 0.717) is 0 Å². The predicted molar refractivity (Wildman–Crippen MR) is 35.7 cm³/mol. The van der Waals surface area contributed by atoms with Gasteiger partial charge in [-0.25, -0.2) is 9.97 Å². The Balaban J connectivity index is 2.92. The van der Waals surface area contributed by atoms with Crippen LogP contribution in [0.25, 0.3) is 0 Å². The lowest BCUT2D eigenvalue weighted by atomic mass is 10.3. The Kier molecular flexibility index (Phi) is 2.79. The molecule has 0 saturated heterocycles. The zero-order valence-corrected chi connectivity index (χ0v) is 6.34. The number of rotatable bonds is 2. The van der Waals surface area contributed by atoms with Crippen molar-refractivity contribution in [3.63, 3.8) is 0 Å². The van der Waals surface area contributed by atoms with Gasteiger partial charge < -0.3 is 5.21 Å². The molecule has 1 heterocycles. The average Bonchev–Trinajstić information content (AvgIpc) is 2.04. The molecule has 2 N–H and O–H groups in total. The fourth-order valence-corrected chi connectivity index (χ4v) is 0.730. The summed E-state index contributed by atoms with van der Waals surface area (Å²) >= 11 is 0. The van der Waals surface area contributed by atoms with Crippen LogP contribution in [0, 0.1) is 0 Å². The maximum atomic E-state index is 12.0. The third-order valence-corrected chi connectivity index (χ3v) is 1.27. The van der Waals surface area contributed by atoms with Crippen molar-refractivity contribution in [2.45, 2.75) is 12.7 Å². The van der Waals surface area contributed by atoms with E-state index >= 15 is 0 Å². The summed E-state index contributed by atoms with van der Waals surface area (Å²) in [4.78, 5) is 6.56. The number of aromatic nitrogens is 2. The first-order valence-corrected chi connectivity index (χ1v) is 3.29. The molecule has 0 fully saturated rings. The molecule has 0 bridgehead atoms. The summed E-state index contributed by atoms with van der Waals surface area (Å²) < 4.78 is 36.1. The van der Waals surface area contributed by atoms with Crippen LogP contribution in [0.15, 0.2) is 12.4 Å². The SMILES string of the molecule is ONCc1cc(C(F)(F)F)ncn1. The van der Waals surface area contributed by atoms with E-state index in [2.05, 4.69) is 9.97 Å². The molecule has 13 heavy (non-hydrogen) atoms. The molecule has 0 atom stereocenters. The molecule has 0 aromatic carbocycles. The molecule has 0 saturated carbocycles. The first-order valence-electron chi connectivity index (χ1n) is 3.29. The molecular weight excluding hydrogens is 187 g/mol. The Labute approximate surface area is 71.4 Å². The molecule has 7 heteroatoms. The minimum Gasteiger partial charge on any atom is -0.316 e. The van der Waals surface area contributed by atoms with Crippen LogP contribution in [0.2, 0.25) is 0 Å². The molecule has 0 amide bonds. The number of hydrogen-bond donors (Lipinski definition) is 2. The second kappa shape index (κ2) is 3.67. The Morgan fingerprint density at radius 2 is 2.08 bits per heavy atom. The van der Waals surface area contributed by atoms with E-state index in [1.807, 2.05) is 0 Å². The van der Waals surface area contributed by atoms with Crippen molar-refractivity contribution in [1.82, 2.24) is 15.4 Å². The van der Waals surface area contributed by atoms with Crippen molar-refractivity contribution in [3.05, 3.63) is 23.8 Å². The summed E-state index contributed by atoms with van der Waals surface area (Å²) in [5.74, 6) is 0. The van der Waals surface area contributed by atoms with E-state index in [1.165, 1.54) is 0 Å². The van der Waals surface area contributed by atoms with E-state index in [4.69, 9.17) is 5.21 Å². The van der Waals surface area contributed by atoms with Crippen LogP contribution in [0.5, 0.6) is 0 Å². The first kappa shape index (κ1) is 9.87. The van der Waals surface area contributed by atoms with Crippen molar-refractivity contribution in [3.8, 4) is 0 Å². The van der Waals surface area contributed by atoms with Gasteiger partial charge in [0.1, 0.15) is 12.0 Å². The van der Waals surface area contributed by atoms with Crippen LogP contribution < -0.4 is 5.48 Å². The molecule has 1 aromatic rings. The second-order valence-corrected chi connectivity index (χ2v) is 2.23. The maximum absolute atomic E-state index is 12.0. The van der Waals surface area contributed by atoms with Gasteiger partial charge in [-0.1, -0.05) is 0 Å². The van der Waals surface area contributed by atoms with Gasteiger partial charge in [-0.3, -0.25) is 0 Å². The van der Waals surface area contributed by atoms with Crippen LogP contribution in [0.1, 0.15) is 11.4 Å². The molecule has 1 rings (SSSR count). The third-order valence-electron chi connectivity index (χ3n) is 1.27. The minimum absolute atomic E-state index is 0.0739. The van der Waals surface area contributed by atoms with E-state index in [0.717, 1.165) is 12.4 Å². The normalized spacial score (nSPS) is 11.7. The lowest BCUT2D eigenvalue weighted by Gasteiger charge is -2.05. The van der Waals surface area contributed by atoms with Gasteiger partial charge in [0.15, 0.2) is 0 Å². The van der Waals surface area contributed by atoms with Crippen LogP contribution in [0.3, 0.4) is 0 Å². The highest BCUT2D eigenvalue weighted by atomic mass is 19.4. The molecule has 0 unspecified atom stereocenters. The van der Waals surface area contributed by atoms with E-state index in [1.54, 1.807) is 5.48 Å². The quantitative estimate of drug-likeness (QED) is 0.687. The van der Waals surface area contributed by atoms with Crippen LogP contribution >= 0.6 is 0 Å². The largest absolute Gasteiger partial charge is 0.433 e. The lowest BCUT2D eigenvalue weighted by molar-refractivity contribution is -0.141. The second-order valence-electron chi connectivity index (χ2n) is 2.23. The highest BCUT2D eigenvalue weighted by molar-refractivity contribution is 5.10. The molecule has 0 spiro atoms. The summed E-state index contributed by atoms with van der Waals surface area (Å²) in [6.45, 7) is -0.147. The maximum Gasteiger partial charge on any atom is 0.433 e. The molecule has 0 aliphatic carbocycles. The van der Waals surface area contributed by atoms with Crippen molar-refractivity contribution < 1.29 is 18.4 Å². The van der Waals surface area contributed by atoms with Crippen molar-refractivity contribution in [1.29, 1.82) is 0 Å². The molecule has 0 radical (unpaired) electrons. The van der Waals surface area contributed by atoms with Gasteiger partial charge in [0.2, 0.25) is 0 Å². The number of hydroxylamine groups is 1. The molecule has 0 aliphatic heterocycles. The van der Waals surface area contributed by atoms with Crippen LogP contribution in [-0.4, -0.2) is 15.2 Å². The van der Waals surface area contributed by atoms with Crippen LogP contribution in [-0.2, 0) is 12.7 Å². The molecule has 4 nitrogen and oxygen atoms in total. The number of nitrogens with one attached hydrogen (secondary N) is 1. The Hall–Kier alpha value is -1.21. The molecule has 72 valence electrons.